The van der Waals surface area contributed by atoms with Gasteiger partial charge in [-0.25, -0.2) is 9.59 Å². The van der Waals surface area contributed by atoms with E-state index in [1.54, 1.807) is 0 Å². The highest BCUT2D eigenvalue weighted by Gasteiger charge is 2.42. The number of alkyl halides is 3. The minimum atomic E-state index is -4.38. The highest BCUT2D eigenvalue weighted by molar-refractivity contribution is 5.86. The molecule has 1 rings (SSSR count). The van der Waals surface area contributed by atoms with Gasteiger partial charge in [0.15, 0.2) is 0 Å². The molecule has 21 heavy (non-hydrogen) atoms. The van der Waals surface area contributed by atoms with E-state index in [-0.39, 0.29) is 12.8 Å². The highest BCUT2D eigenvalue weighted by Crippen LogP contribution is 2.32. The van der Waals surface area contributed by atoms with Crippen molar-refractivity contribution in [1.82, 2.24) is 10.6 Å². The molecule has 1 atom stereocenters. The predicted octanol–water partition coefficient (Wildman–Crippen LogP) is 2.66. The van der Waals surface area contributed by atoms with Crippen LogP contribution < -0.4 is 10.6 Å². The van der Waals surface area contributed by atoms with E-state index in [0.29, 0.717) is 18.8 Å². The molecule has 0 bridgehead atoms. The number of aliphatic carboxylic acids is 1. The molecule has 5 nitrogen and oxygen atoms in total. The minimum Gasteiger partial charge on any atom is -0.480 e. The lowest BCUT2D eigenvalue weighted by atomic mass is 9.77. The van der Waals surface area contributed by atoms with Crippen LogP contribution in [0.5, 0.6) is 0 Å². The lowest BCUT2D eigenvalue weighted by molar-refractivity contribution is -0.146. The molecule has 0 radical (unpaired) electrons. The van der Waals surface area contributed by atoms with Crippen LogP contribution in [0.15, 0.2) is 0 Å². The van der Waals surface area contributed by atoms with Crippen LogP contribution in [0, 0.1) is 5.92 Å². The van der Waals surface area contributed by atoms with E-state index in [1.165, 1.54) is 6.92 Å². The van der Waals surface area contributed by atoms with Gasteiger partial charge in [0.25, 0.3) is 0 Å². The molecule has 2 amide bonds. The number of amides is 2. The zero-order valence-corrected chi connectivity index (χ0v) is 12.1. The Morgan fingerprint density at radius 1 is 1.33 bits per heavy atom. The normalized spacial score (nSPS) is 27.8. The molecule has 122 valence electrons. The van der Waals surface area contributed by atoms with E-state index in [1.807, 2.05) is 6.92 Å². The number of urea groups is 1. The molecule has 1 saturated carbocycles. The van der Waals surface area contributed by atoms with Crippen LogP contribution in [0.3, 0.4) is 0 Å². The first-order valence-corrected chi connectivity index (χ1v) is 6.93. The van der Waals surface area contributed by atoms with Crippen molar-refractivity contribution >= 4 is 12.0 Å². The van der Waals surface area contributed by atoms with Crippen LogP contribution >= 0.6 is 0 Å². The second-order valence-corrected chi connectivity index (χ2v) is 5.89. The monoisotopic (exact) mass is 310 g/mol. The Labute approximate surface area is 121 Å². The maximum atomic E-state index is 12.2. The number of nitrogens with one attached hydrogen (secondary N) is 2. The van der Waals surface area contributed by atoms with Gasteiger partial charge in [0, 0.05) is 6.04 Å². The van der Waals surface area contributed by atoms with Gasteiger partial charge < -0.3 is 15.7 Å². The summed E-state index contributed by atoms with van der Waals surface area (Å²) in [7, 11) is 0. The van der Waals surface area contributed by atoms with Crippen LogP contribution in [0.2, 0.25) is 0 Å². The fraction of sp³-hybridized carbons (Fsp3) is 0.846. The van der Waals surface area contributed by atoms with Crippen LogP contribution in [0.25, 0.3) is 0 Å². The first-order chi connectivity index (χ1) is 9.54. The van der Waals surface area contributed by atoms with Crippen molar-refractivity contribution in [2.75, 3.05) is 0 Å². The van der Waals surface area contributed by atoms with E-state index in [2.05, 4.69) is 10.6 Å². The smallest absolute Gasteiger partial charge is 0.391 e. The Hall–Kier alpha value is -1.47. The van der Waals surface area contributed by atoms with Gasteiger partial charge in [0.2, 0.25) is 0 Å². The average molecular weight is 310 g/mol. The van der Waals surface area contributed by atoms with E-state index in [0.717, 1.165) is 0 Å². The van der Waals surface area contributed by atoms with Crippen molar-refractivity contribution in [3.63, 3.8) is 0 Å². The molecule has 0 spiro atoms. The third kappa shape index (κ3) is 5.43. The number of carbonyl (C=O) groups excluding carboxylic acids is 1. The lowest BCUT2D eigenvalue weighted by Gasteiger charge is -2.36. The van der Waals surface area contributed by atoms with Crippen LogP contribution in [-0.4, -0.2) is 34.9 Å². The zero-order valence-electron chi connectivity index (χ0n) is 12.1. The average Bonchev–Trinajstić information content (AvgIpc) is 2.29. The summed E-state index contributed by atoms with van der Waals surface area (Å²) in [6.07, 6.45) is -3.65. The molecule has 0 aliphatic heterocycles. The number of hydrogen-bond donors (Lipinski definition) is 3. The van der Waals surface area contributed by atoms with Crippen molar-refractivity contribution in [2.24, 2.45) is 5.92 Å². The summed E-state index contributed by atoms with van der Waals surface area (Å²) in [5.41, 5.74) is -1.38. The van der Waals surface area contributed by atoms with Gasteiger partial charge >= 0.3 is 18.2 Å². The van der Waals surface area contributed by atoms with Crippen LogP contribution in [-0.2, 0) is 4.79 Å². The molecule has 0 aromatic heterocycles. The van der Waals surface area contributed by atoms with Crippen molar-refractivity contribution < 1.29 is 27.9 Å². The van der Waals surface area contributed by atoms with Crippen LogP contribution in [0.4, 0.5) is 18.0 Å². The summed E-state index contributed by atoms with van der Waals surface area (Å²) in [6.45, 7) is 3.22. The first-order valence-electron chi connectivity index (χ1n) is 6.93. The molecule has 1 fully saturated rings. The topological polar surface area (TPSA) is 78.4 Å². The van der Waals surface area contributed by atoms with Gasteiger partial charge in [0.1, 0.15) is 5.54 Å². The largest absolute Gasteiger partial charge is 0.480 e. The Morgan fingerprint density at radius 3 is 2.29 bits per heavy atom. The quantitative estimate of drug-likeness (QED) is 0.747. The van der Waals surface area contributed by atoms with Crippen molar-refractivity contribution in [2.45, 2.75) is 63.7 Å². The predicted molar refractivity (Wildman–Crippen MR) is 69.8 cm³/mol. The number of carboxylic acid groups (broad SMARTS) is 1. The third-order valence-corrected chi connectivity index (χ3v) is 3.81. The number of carbonyl (C=O) groups is 2. The second kappa shape index (κ2) is 6.53. The molecular weight excluding hydrogens is 289 g/mol. The SMILES string of the molecule is CC1CCC(NC(=O)NC(C)CC(F)(F)F)(C(=O)O)CC1. The lowest BCUT2D eigenvalue weighted by Crippen LogP contribution is -2.59. The number of rotatable bonds is 4. The molecule has 0 aromatic carbocycles. The Balaban J connectivity index is 2.60. The summed E-state index contributed by atoms with van der Waals surface area (Å²) >= 11 is 0. The summed E-state index contributed by atoms with van der Waals surface area (Å²) in [4.78, 5) is 23.2. The highest BCUT2D eigenvalue weighted by atomic mass is 19.4. The summed E-state index contributed by atoms with van der Waals surface area (Å²) in [5.74, 6) is -0.764. The fourth-order valence-corrected chi connectivity index (χ4v) is 2.52. The molecule has 1 aliphatic carbocycles. The third-order valence-electron chi connectivity index (χ3n) is 3.81. The Morgan fingerprint density at radius 2 is 1.86 bits per heavy atom. The Kier molecular flexibility index (Phi) is 5.47. The van der Waals surface area contributed by atoms with Gasteiger partial charge in [-0.3, -0.25) is 0 Å². The maximum absolute atomic E-state index is 12.2. The van der Waals surface area contributed by atoms with E-state index in [9.17, 15) is 27.9 Å². The van der Waals surface area contributed by atoms with Crippen molar-refractivity contribution in [3.8, 4) is 0 Å². The van der Waals surface area contributed by atoms with E-state index >= 15 is 0 Å². The fourth-order valence-electron chi connectivity index (χ4n) is 2.52. The zero-order chi connectivity index (χ0) is 16.3. The summed E-state index contributed by atoms with van der Waals surface area (Å²) in [6, 6.07) is -1.98. The minimum absolute atomic E-state index is 0.282. The van der Waals surface area contributed by atoms with Crippen molar-refractivity contribution in [3.05, 3.63) is 0 Å². The van der Waals surface area contributed by atoms with Gasteiger partial charge in [-0.1, -0.05) is 6.92 Å². The molecule has 0 saturated heterocycles. The molecule has 1 unspecified atom stereocenters. The molecule has 0 heterocycles. The second-order valence-electron chi connectivity index (χ2n) is 5.89. The van der Waals surface area contributed by atoms with E-state index < -0.39 is 36.2 Å². The molecule has 8 heteroatoms. The van der Waals surface area contributed by atoms with E-state index in [4.69, 9.17) is 0 Å². The maximum Gasteiger partial charge on any atom is 0.391 e. The number of halogens is 3. The summed E-state index contributed by atoms with van der Waals surface area (Å²) in [5, 5.41) is 13.8. The van der Waals surface area contributed by atoms with Gasteiger partial charge in [0.05, 0.1) is 6.42 Å². The molecule has 1 aliphatic rings. The first kappa shape index (κ1) is 17.6. The molecule has 3 N–H and O–H groups in total. The number of hydrogen-bond acceptors (Lipinski definition) is 2. The van der Waals surface area contributed by atoms with Gasteiger partial charge in [-0.05, 0) is 38.5 Å². The van der Waals surface area contributed by atoms with Gasteiger partial charge in [-0.15, -0.1) is 0 Å². The number of carboxylic acids is 1. The van der Waals surface area contributed by atoms with Crippen LogP contribution in [0.1, 0.15) is 46.0 Å². The van der Waals surface area contributed by atoms with Crippen molar-refractivity contribution in [1.29, 1.82) is 0 Å². The molecule has 0 aromatic rings. The Bertz CT molecular complexity index is 391. The standard InChI is InChI=1S/C13H21F3N2O3/c1-8-3-5-12(6-4-8,10(19)20)18-11(21)17-9(2)7-13(14,15)16/h8-9H,3-7H2,1-2H3,(H,19,20)(H2,17,18,21). The summed E-state index contributed by atoms with van der Waals surface area (Å²) < 4.78 is 36.6. The van der Waals surface area contributed by atoms with Gasteiger partial charge in [-0.2, -0.15) is 13.2 Å². The molecular formula is C13H21F3N2O3.